The van der Waals surface area contributed by atoms with Gasteiger partial charge < -0.3 is 15.4 Å². The summed E-state index contributed by atoms with van der Waals surface area (Å²) in [7, 11) is 1.74. The second kappa shape index (κ2) is 10.2. The molecule has 4 rings (SSSR count). The monoisotopic (exact) mass is 474 g/mol. The van der Waals surface area contributed by atoms with E-state index in [1.54, 1.807) is 72.5 Å². The summed E-state index contributed by atoms with van der Waals surface area (Å²) in [6, 6.07) is 21.0. The maximum atomic E-state index is 13.0. The van der Waals surface area contributed by atoms with Crippen LogP contribution in [0.25, 0.3) is 11.3 Å². The fourth-order valence-corrected chi connectivity index (χ4v) is 3.64. The van der Waals surface area contributed by atoms with Crippen molar-refractivity contribution in [2.45, 2.75) is 6.92 Å². The number of halogens is 1. The van der Waals surface area contributed by atoms with Crippen molar-refractivity contribution in [3.05, 3.63) is 95.1 Å². The Morgan fingerprint density at radius 3 is 2.18 bits per heavy atom. The number of aryl methyl sites for hydroxylation is 1. The highest BCUT2D eigenvalue weighted by Gasteiger charge is 2.19. The van der Waals surface area contributed by atoms with Gasteiger partial charge in [0.2, 0.25) is 0 Å². The van der Waals surface area contributed by atoms with Crippen LogP contribution in [-0.4, -0.2) is 28.2 Å². The fourth-order valence-electron chi connectivity index (χ4n) is 3.41. The van der Waals surface area contributed by atoms with Crippen LogP contribution in [0, 0.1) is 0 Å². The molecule has 1 heterocycles. The molecule has 0 aliphatic carbocycles. The number of anilines is 2. The van der Waals surface area contributed by atoms with E-state index in [0.717, 1.165) is 5.75 Å². The third-order valence-corrected chi connectivity index (χ3v) is 5.36. The van der Waals surface area contributed by atoms with Gasteiger partial charge in [-0.05, 0) is 61.5 Å². The van der Waals surface area contributed by atoms with Gasteiger partial charge in [-0.1, -0.05) is 29.8 Å². The van der Waals surface area contributed by atoms with Crippen LogP contribution in [-0.2, 0) is 7.05 Å². The molecule has 3 aromatic carbocycles. The van der Waals surface area contributed by atoms with Crippen molar-refractivity contribution in [3.8, 4) is 17.0 Å². The van der Waals surface area contributed by atoms with Gasteiger partial charge in [-0.15, -0.1) is 0 Å². The Hall–Kier alpha value is -4.10. The number of nitrogens with one attached hydrogen (secondary N) is 2. The lowest BCUT2D eigenvalue weighted by molar-refractivity contribution is 0.102. The highest BCUT2D eigenvalue weighted by Crippen LogP contribution is 2.29. The van der Waals surface area contributed by atoms with Gasteiger partial charge in [0, 0.05) is 35.7 Å². The van der Waals surface area contributed by atoms with E-state index >= 15 is 0 Å². The van der Waals surface area contributed by atoms with Gasteiger partial charge in [0.1, 0.15) is 11.4 Å². The summed E-state index contributed by atoms with van der Waals surface area (Å²) in [6.07, 6.45) is 1.65. The molecule has 0 atom stereocenters. The molecule has 2 amide bonds. The fraction of sp³-hybridized carbons (Fsp3) is 0.115. The third-order valence-electron chi connectivity index (χ3n) is 5.03. The van der Waals surface area contributed by atoms with E-state index in [4.69, 9.17) is 16.3 Å². The summed E-state index contributed by atoms with van der Waals surface area (Å²) in [6.45, 7) is 2.49. The molecule has 172 valence electrons. The lowest BCUT2D eigenvalue weighted by atomic mass is 10.1. The summed E-state index contributed by atoms with van der Waals surface area (Å²) in [5.74, 6) is 0.164. The number of nitrogens with zero attached hydrogens (tertiary/aromatic N) is 2. The molecule has 8 heteroatoms. The molecule has 0 aliphatic heterocycles. The molecule has 0 spiro atoms. The predicted octanol–water partition coefficient (Wildman–Crippen LogP) is 5.64. The van der Waals surface area contributed by atoms with E-state index in [1.165, 1.54) is 0 Å². The molecule has 0 saturated heterocycles. The number of benzene rings is 3. The Kier molecular flexibility index (Phi) is 6.94. The molecule has 2 N–H and O–H groups in total. The zero-order valence-electron chi connectivity index (χ0n) is 18.7. The molecule has 0 unspecified atom stereocenters. The number of carbonyl (C=O) groups excluding carboxylic acids is 2. The molecule has 0 saturated carbocycles. The number of rotatable bonds is 7. The van der Waals surface area contributed by atoms with E-state index in [9.17, 15) is 9.59 Å². The van der Waals surface area contributed by atoms with Gasteiger partial charge in [-0.3, -0.25) is 14.3 Å². The van der Waals surface area contributed by atoms with Crippen molar-refractivity contribution >= 4 is 34.8 Å². The highest BCUT2D eigenvalue weighted by molar-refractivity contribution is 6.33. The Morgan fingerprint density at radius 2 is 1.53 bits per heavy atom. The van der Waals surface area contributed by atoms with Crippen molar-refractivity contribution in [3.63, 3.8) is 0 Å². The van der Waals surface area contributed by atoms with Gasteiger partial charge in [-0.2, -0.15) is 5.10 Å². The van der Waals surface area contributed by atoms with Gasteiger partial charge >= 0.3 is 0 Å². The maximum Gasteiger partial charge on any atom is 0.259 e. The lowest BCUT2D eigenvalue weighted by Crippen LogP contribution is -2.14. The standard InChI is InChI=1S/C26H23ClN4O3/c1-3-34-20-14-12-19(13-15-20)28-25(32)17-8-10-18(11-9-17)29-26(33)22-16-31(2)30-24(22)21-6-4-5-7-23(21)27/h4-16H,3H2,1-2H3,(H,28,32)(H,29,33). The van der Waals surface area contributed by atoms with Crippen LogP contribution in [0.2, 0.25) is 5.02 Å². The summed E-state index contributed by atoms with van der Waals surface area (Å²) < 4.78 is 6.98. The first-order chi connectivity index (χ1) is 16.4. The van der Waals surface area contributed by atoms with Crippen LogP contribution in [0.1, 0.15) is 27.6 Å². The zero-order valence-corrected chi connectivity index (χ0v) is 19.5. The maximum absolute atomic E-state index is 13.0. The quantitative estimate of drug-likeness (QED) is 0.363. The average Bonchev–Trinajstić information content (AvgIpc) is 3.23. The van der Waals surface area contributed by atoms with Gasteiger partial charge in [0.25, 0.3) is 11.8 Å². The van der Waals surface area contributed by atoms with E-state index < -0.39 is 0 Å². The Balaban J connectivity index is 1.44. The van der Waals surface area contributed by atoms with E-state index in [0.29, 0.717) is 45.4 Å². The summed E-state index contributed by atoms with van der Waals surface area (Å²) >= 11 is 6.31. The Bertz CT molecular complexity index is 1310. The third kappa shape index (κ3) is 5.27. The minimum absolute atomic E-state index is 0.254. The van der Waals surface area contributed by atoms with Crippen molar-refractivity contribution in [1.82, 2.24) is 9.78 Å². The Labute approximate surface area is 202 Å². The van der Waals surface area contributed by atoms with Crippen LogP contribution in [0.3, 0.4) is 0 Å². The van der Waals surface area contributed by atoms with Crippen LogP contribution < -0.4 is 15.4 Å². The first-order valence-electron chi connectivity index (χ1n) is 10.7. The van der Waals surface area contributed by atoms with Crippen LogP contribution >= 0.6 is 11.6 Å². The van der Waals surface area contributed by atoms with E-state index in [-0.39, 0.29) is 11.8 Å². The summed E-state index contributed by atoms with van der Waals surface area (Å²) in [4.78, 5) is 25.5. The van der Waals surface area contributed by atoms with Gasteiger partial charge in [0.15, 0.2) is 0 Å². The molecule has 1 aromatic heterocycles. The van der Waals surface area contributed by atoms with E-state index in [2.05, 4.69) is 15.7 Å². The van der Waals surface area contributed by atoms with E-state index in [1.807, 2.05) is 25.1 Å². The minimum atomic E-state index is -0.324. The van der Waals surface area contributed by atoms with Gasteiger partial charge in [-0.25, -0.2) is 0 Å². The van der Waals surface area contributed by atoms with Crippen molar-refractivity contribution in [1.29, 1.82) is 0 Å². The molecule has 7 nitrogen and oxygen atoms in total. The second-order valence-electron chi connectivity index (χ2n) is 7.49. The summed E-state index contributed by atoms with van der Waals surface area (Å²) in [5.41, 5.74) is 3.25. The normalized spacial score (nSPS) is 10.6. The van der Waals surface area contributed by atoms with Crippen LogP contribution in [0.15, 0.2) is 79.0 Å². The first kappa shape index (κ1) is 23.1. The molecule has 4 aromatic rings. The number of hydrogen-bond acceptors (Lipinski definition) is 4. The second-order valence-corrected chi connectivity index (χ2v) is 7.90. The van der Waals surface area contributed by atoms with Crippen molar-refractivity contribution in [2.24, 2.45) is 7.05 Å². The number of ether oxygens (including phenoxy) is 1. The number of aromatic nitrogens is 2. The molecule has 0 fully saturated rings. The summed E-state index contributed by atoms with van der Waals surface area (Å²) in [5, 5.41) is 10.6. The number of hydrogen-bond donors (Lipinski definition) is 2. The van der Waals surface area contributed by atoms with Crippen molar-refractivity contribution < 1.29 is 14.3 Å². The molecular formula is C26H23ClN4O3. The molecule has 0 radical (unpaired) electrons. The number of amides is 2. The minimum Gasteiger partial charge on any atom is -0.494 e. The smallest absolute Gasteiger partial charge is 0.259 e. The van der Waals surface area contributed by atoms with Crippen LogP contribution in [0.5, 0.6) is 5.75 Å². The predicted molar refractivity (Wildman–Crippen MR) is 134 cm³/mol. The SMILES string of the molecule is CCOc1ccc(NC(=O)c2ccc(NC(=O)c3cn(C)nc3-c3ccccc3Cl)cc2)cc1. The van der Waals surface area contributed by atoms with Crippen molar-refractivity contribution in [2.75, 3.05) is 17.2 Å². The molecular weight excluding hydrogens is 452 g/mol. The lowest BCUT2D eigenvalue weighted by Gasteiger charge is -2.09. The Morgan fingerprint density at radius 1 is 0.912 bits per heavy atom. The van der Waals surface area contributed by atoms with Gasteiger partial charge in [0.05, 0.1) is 17.2 Å². The largest absolute Gasteiger partial charge is 0.494 e. The molecule has 0 bridgehead atoms. The first-order valence-corrected chi connectivity index (χ1v) is 11.1. The zero-order chi connectivity index (χ0) is 24.1. The molecule has 34 heavy (non-hydrogen) atoms. The topological polar surface area (TPSA) is 85.3 Å². The highest BCUT2D eigenvalue weighted by atomic mass is 35.5. The van der Waals surface area contributed by atoms with Crippen LogP contribution in [0.4, 0.5) is 11.4 Å². The molecule has 0 aliphatic rings. The average molecular weight is 475 g/mol. The number of carbonyl (C=O) groups is 2.